The maximum absolute atomic E-state index is 9.55. The van der Waals surface area contributed by atoms with Crippen molar-refractivity contribution in [1.82, 2.24) is 10.3 Å². The van der Waals surface area contributed by atoms with Crippen molar-refractivity contribution in [2.45, 2.75) is 6.04 Å². The van der Waals surface area contributed by atoms with Gasteiger partial charge in [0.25, 0.3) is 0 Å². The van der Waals surface area contributed by atoms with Gasteiger partial charge < -0.3 is 20.4 Å². The van der Waals surface area contributed by atoms with Crippen molar-refractivity contribution >= 4 is 23.7 Å². The molecule has 3 rings (SSSR count). The van der Waals surface area contributed by atoms with Gasteiger partial charge in [-0.2, -0.15) is 0 Å². The monoisotopic (exact) mass is 317 g/mol. The van der Waals surface area contributed by atoms with Gasteiger partial charge in [-0.25, -0.2) is 9.59 Å². The summed E-state index contributed by atoms with van der Waals surface area (Å²) in [4.78, 5) is 25.8. The fourth-order valence-corrected chi connectivity index (χ4v) is 2.67. The summed E-state index contributed by atoms with van der Waals surface area (Å²) in [6.45, 7) is 7.23. The minimum atomic E-state index is -1.26. The number of aliphatic carboxylic acids is 2. The molecule has 23 heavy (non-hydrogen) atoms. The van der Waals surface area contributed by atoms with Crippen molar-refractivity contribution in [2.75, 3.05) is 24.5 Å². The number of carboxylic acids is 2. The quantitative estimate of drug-likeness (QED) is 0.707. The lowest BCUT2D eigenvalue weighted by Gasteiger charge is -2.45. The van der Waals surface area contributed by atoms with Crippen LogP contribution < -0.4 is 10.2 Å². The van der Waals surface area contributed by atoms with Crippen LogP contribution in [0.15, 0.2) is 37.2 Å². The Morgan fingerprint density at radius 1 is 1.26 bits per heavy atom. The molecular formula is C16H19N3O4. The molecule has 1 aromatic rings. The first-order chi connectivity index (χ1) is 11.0. The van der Waals surface area contributed by atoms with E-state index < -0.39 is 11.9 Å². The predicted octanol–water partition coefficient (Wildman–Crippen LogP) is 0.844. The van der Waals surface area contributed by atoms with Crippen LogP contribution in [-0.2, 0) is 9.59 Å². The number of aromatic nitrogens is 1. The zero-order chi connectivity index (χ0) is 16.8. The standard InChI is InChI=1S/C12H15N3.C4H4O4/c1-2-9-3-11(6-13-4-9)15-8-10-5-14-7-12(10)15;5-3(6)1-2-4(7)8/h2-4,6,10,12,14H,1,5,7-8H2;1-2H,(H,5,6)(H,7,8)/t10-,12-;/m0./s1. The van der Waals surface area contributed by atoms with Gasteiger partial charge >= 0.3 is 11.9 Å². The van der Waals surface area contributed by atoms with Gasteiger partial charge in [-0.15, -0.1) is 0 Å². The smallest absolute Gasteiger partial charge is 0.328 e. The van der Waals surface area contributed by atoms with Crippen molar-refractivity contribution in [2.24, 2.45) is 5.92 Å². The lowest BCUT2D eigenvalue weighted by atomic mass is 9.91. The number of nitrogens with one attached hydrogen (secondary N) is 1. The Labute approximate surface area is 134 Å². The molecule has 0 radical (unpaired) electrons. The fraction of sp³-hybridized carbons (Fsp3) is 0.312. The van der Waals surface area contributed by atoms with E-state index in [0.717, 1.165) is 18.0 Å². The topological polar surface area (TPSA) is 103 Å². The third kappa shape index (κ3) is 4.40. The summed E-state index contributed by atoms with van der Waals surface area (Å²) < 4.78 is 0. The van der Waals surface area contributed by atoms with Crippen LogP contribution in [0.1, 0.15) is 5.56 Å². The van der Waals surface area contributed by atoms with E-state index in [1.807, 2.05) is 18.5 Å². The van der Waals surface area contributed by atoms with Gasteiger partial charge in [0.1, 0.15) is 0 Å². The minimum absolute atomic E-state index is 0.558. The largest absolute Gasteiger partial charge is 0.478 e. The number of hydrogen-bond acceptors (Lipinski definition) is 5. The summed E-state index contributed by atoms with van der Waals surface area (Å²) in [7, 11) is 0. The number of anilines is 1. The maximum Gasteiger partial charge on any atom is 0.328 e. The van der Waals surface area contributed by atoms with E-state index in [4.69, 9.17) is 10.2 Å². The maximum atomic E-state index is 9.55. The first-order valence-electron chi connectivity index (χ1n) is 7.20. The summed E-state index contributed by atoms with van der Waals surface area (Å²) in [6.07, 6.45) is 6.76. The second-order valence-corrected chi connectivity index (χ2v) is 5.33. The van der Waals surface area contributed by atoms with E-state index in [2.05, 4.69) is 27.8 Å². The van der Waals surface area contributed by atoms with Gasteiger partial charge in [-0.3, -0.25) is 4.98 Å². The molecule has 0 unspecified atom stereocenters. The summed E-state index contributed by atoms with van der Waals surface area (Å²) in [5.41, 5.74) is 2.33. The van der Waals surface area contributed by atoms with Crippen molar-refractivity contribution in [3.63, 3.8) is 0 Å². The lowest BCUT2D eigenvalue weighted by molar-refractivity contribution is -0.134. The van der Waals surface area contributed by atoms with Gasteiger partial charge in [0, 0.05) is 49.9 Å². The van der Waals surface area contributed by atoms with Crippen LogP contribution >= 0.6 is 0 Å². The molecule has 3 N–H and O–H groups in total. The zero-order valence-electron chi connectivity index (χ0n) is 12.6. The van der Waals surface area contributed by atoms with E-state index in [-0.39, 0.29) is 0 Å². The van der Waals surface area contributed by atoms with Crippen LogP contribution in [-0.4, -0.2) is 52.8 Å². The van der Waals surface area contributed by atoms with Crippen molar-refractivity contribution in [3.8, 4) is 0 Å². The summed E-state index contributed by atoms with van der Waals surface area (Å²) >= 11 is 0. The molecule has 0 spiro atoms. The van der Waals surface area contributed by atoms with Gasteiger partial charge in [0.2, 0.25) is 0 Å². The Kier molecular flexibility index (Phi) is 5.48. The van der Waals surface area contributed by atoms with Gasteiger partial charge in [-0.05, 0) is 11.6 Å². The molecule has 0 amide bonds. The molecule has 7 heteroatoms. The van der Waals surface area contributed by atoms with Gasteiger partial charge in [0.15, 0.2) is 0 Å². The average Bonchev–Trinajstić information content (AvgIpc) is 2.87. The Balaban J connectivity index is 0.000000207. The van der Waals surface area contributed by atoms with Crippen molar-refractivity contribution in [3.05, 3.63) is 42.8 Å². The summed E-state index contributed by atoms with van der Waals surface area (Å²) in [6, 6.07) is 2.85. The molecule has 7 nitrogen and oxygen atoms in total. The second-order valence-electron chi connectivity index (χ2n) is 5.33. The molecule has 2 aliphatic heterocycles. The zero-order valence-corrected chi connectivity index (χ0v) is 12.6. The number of nitrogens with zero attached hydrogens (tertiary/aromatic N) is 2. The van der Waals surface area contributed by atoms with E-state index in [9.17, 15) is 9.59 Å². The molecular weight excluding hydrogens is 298 g/mol. The first kappa shape index (κ1) is 16.7. The van der Waals surface area contributed by atoms with E-state index in [0.29, 0.717) is 18.2 Å². The lowest BCUT2D eigenvalue weighted by Crippen LogP contribution is -2.55. The van der Waals surface area contributed by atoms with Crippen LogP contribution in [0.25, 0.3) is 6.08 Å². The molecule has 0 saturated carbocycles. The van der Waals surface area contributed by atoms with Gasteiger partial charge in [0.05, 0.1) is 11.9 Å². The Morgan fingerprint density at radius 3 is 2.52 bits per heavy atom. The van der Waals surface area contributed by atoms with Crippen molar-refractivity contribution in [1.29, 1.82) is 0 Å². The molecule has 122 valence electrons. The van der Waals surface area contributed by atoms with Crippen LogP contribution in [0.4, 0.5) is 5.69 Å². The van der Waals surface area contributed by atoms with Crippen LogP contribution in [0, 0.1) is 5.92 Å². The van der Waals surface area contributed by atoms with Crippen LogP contribution in [0.2, 0.25) is 0 Å². The molecule has 1 aromatic heterocycles. The highest BCUT2D eigenvalue weighted by Crippen LogP contribution is 2.33. The number of rotatable bonds is 4. The third-order valence-electron chi connectivity index (χ3n) is 3.82. The van der Waals surface area contributed by atoms with E-state index in [1.165, 1.54) is 18.8 Å². The molecule has 0 aromatic carbocycles. The summed E-state index contributed by atoms with van der Waals surface area (Å²) in [5, 5.41) is 19.1. The Hall–Kier alpha value is -2.67. The fourth-order valence-electron chi connectivity index (χ4n) is 2.67. The number of pyridine rings is 1. The Bertz CT molecular complexity index is 614. The number of hydrogen-bond donors (Lipinski definition) is 3. The molecule has 0 bridgehead atoms. The molecule has 2 atom stereocenters. The van der Waals surface area contributed by atoms with Crippen LogP contribution in [0.3, 0.4) is 0 Å². The third-order valence-corrected chi connectivity index (χ3v) is 3.82. The highest BCUT2D eigenvalue weighted by molar-refractivity contribution is 5.89. The molecule has 2 aliphatic rings. The van der Waals surface area contributed by atoms with Crippen molar-refractivity contribution < 1.29 is 19.8 Å². The number of fused-ring (bicyclic) bond motifs is 1. The second kappa shape index (κ2) is 7.55. The number of carboxylic acid groups (broad SMARTS) is 2. The SMILES string of the molecule is C=Cc1cncc(N2C[C@@H]3CNC[C@@H]32)c1.O=C(O)C=CC(=O)O. The van der Waals surface area contributed by atoms with E-state index >= 15 is 0 Å². The Morgan fingerprint density at radius 2 is 1.96 bits per heavy atom. The van der Waals surface area contributed by atoms with E-state index in [1.54, 1.807) is 0 Å². The molecule has 3 heterocycles. The molecule has 2 saturated heterocycles. The minimum Gasteiger partial charge on any atom is -0.478 e. The highest BCUT2D eigenvalue weighted by Gasteiger charge is 2.42. The molecule has 2 fully saturated rings. The summed E-state index contributed by atoms with van der Waals surface area (Å²) in [5.74, 6) is -1.67. The van der Waals surface area contributed by atoms with Gasteiger partial charge in [-0.1, -0.05) is 12.7 Å². The number of carbonyl (C=O) groups is 2. The first-order valence-corrected chi connectivity index (χ1v) is 7.20. The predicted molar refractivity (Wildman–Crippen MR) is 86.2 cm³/mol. The normalized spacial score (nSPS) is 21.8. The van der Waals surface area contributed by atoms with Crippen LogP contribution in [0.5, 0.6) is 0 Å². The average molecular weight is 317 g/mol. The highest BCUT2D eigenvalue weighted by atomic mass is 16.4. The molecule has 0 aliphatic carbocycles.